The van der Waals surface area contributed by atoms with Crippen LogP contribution in [0.3, 0.4) is 0 Å². The van der Waals surface area contributed by atoms with Crippen molar-refractivity contribution >= 4 is 27.5 Å². The number of halogens is 3. The zero-order valence-electron chi connectivity index (χ0n) is 8.06. The summed E-state index contributed by atoms with van der Waals surface area (Å²) in [4.78, 5) is 0. The summed E-state index contributed by atoms with van der Waals surface area (Å²) in [5.41, 5.74) is 0.901. The average Bonchev–Trinajstić information content (AvgIpc) is 2.19. The number of rotatable bonds is 4. The van der Waals surface area contributed by atoms with Gasteiger partial charge in [0.25, 0.3) is 0 Å². The van der Waals surface area contributed by atoms with Crippen LogP contribution in [-0.4, -0.2) is 5.33 Å². The molecule has 0 aliphatic heterocycles. The van der Waals surface area contributed by atoms with Crippen molar-refractivity contribution in [3.05, 3.63) is 34.6 Å². The Bertz CT molecular complexity index is 297. The van der Waals surface area contributed by atoms with Crippen LogP contribution in [0, 0.1) is 11.7 Å². The molecule has 0 saturated heterocycles. The average molecular weight is 280 g/mol. The van der Waals surface area contributed by atoms with E-state index in [0.717, 1.165) is 23.7 Å². The Balaban J connectivity index is 2.79. The summed E-state index contributed by atoms with van der Waals surface area (Å²) in [6, 6.07) is 4.53. The minimum Gasteiger partial charge on any atom is -0.207 e. The fraction of sp³-hybridized carbons (Fsp3) is 0.455. The molecule has 1 unspecified atom stereocenters. The van der Waals surface area contributed by atoms with Gasteiger partial charge in [-0.15, -0.1) is 0 Å². The van der Waals surface area contributed by atoms with Crippen LogP contribution < -0.4 is 0 Å². The lowest BCUT2D eigenvalue weighted by Gasteiger charge is -2.12. The van der Waals surface area contributed by atoms with Gasteiger partial charge in [-0.1, -0.05) is 40.9 Å². The third-order valence-electron chi connectivity index (χ3n) is 2.31. The Hall–Kier alpha value is -0.0800. The van der Waals surface area contributed by atoms with E-state index in [4.69, 9.17) is 11.6 Å². The quantitative estimate of drug-likeness (QED) is 0.715. The fourth-order valence-corrected chi connectivity index (χ4v) is 2.20. The maximum atomic E-state index is 12.9. The van der Waals surface area contributed by atoms with E-state index in [2.05, 4.69) is 22.9 Å². The van der Waals surface area contributed by atoms with Crippen molar-refractivity contribution in [2.45, 2.75) is 19.8 Å². The van der Waals surface area contributed by atoms with Gasteiger partial charge in [0.05, 0.1) is 0 Å². The molecule has 1 atom stereocenters. The van der Waals surface area contributed by atoms with Crippen LogP contribution in [0.15, 0.2) is 18.2 Å². The Morgan fingerprint density at radius 3 is 2.79 bits per heavy atom. The summed E-state index contributed by atoms with van der Waals surface area (Å²) in [6.07, 6.45) is 1.90. The van der Waals surface area contributed by atoms with Gasteiger partial charge in [0.15, 0.2) is 0 Å². The van der Waals surface area contributed by atoms with Gasteiger partial charge in [-0.3, -0.25) is 0 Å². The van der Waals surface area contributed by atoms with E-state index >= 15 is 0 Å². The summed E-state index contributed by atoms with van der Waals surface area (Å²) in [5, 5.41) is 1.59. The van der Waals surface area contributed by atoms with E-state index in [1.165, 1.54) is 12.1 Å². The van der Waals surface area contributed by atoms with Crippen molar-refractivity contribution in [1.82, 2.24) is 0 Å². The van der Waals surface area contributed by atoms with Crippen LogP contribution in [0.2, 0.25) is 5.02 Å². The van der Waals surface area contributed by atoms with E-state index < -0.39 is 0 Å². The molecular formula is C11H13BrClF. The first kappa shape index (κ1) is 12.0. The third-order valence-corrected chi connectivity index (χ3v) is 3.60. The maximum absolute atomic E-state index is 12.9. The summed E-state index contributed by atoms with van der Waals surface area (Å²) in [7, 11) is 0. The first-order valence-corrected chi connectivity index (χ1v) is 6.17. The highest BCUT2D eigenvalue weighted by Crippen LogP contribution is 2.22. The predicted molar refractivity (Wildman–Crippen MR) is 62.7 cm³/mol. The Labute approximate surface area is 97.6 Å². The molecule has 0 aromatic heterocycles. The topological polar surface area (TPSA) is 0 Å². The number of alkyl halides is 1. The summed E-state index contributed by atoms with van der Waals surface area (Å²) in [6.45, 7) is 2.12. The van der Waals surface area contributed by atoms with E-state index in [-0.39, 0.29) is 5.82 Å². The molecule has 0 spiro atoms. The van der Waals surface area contributed by atoms with Crippen molar-refractivity contribution < 1.29 is 4.39 Å². The largest absolute Gasteiger partial charge is 0.207 e. The van der Waals surface area contributed by atoms with Gasteiger partial charge in [-0.2, -0.15) is 0 Å². The lowest BCUT2D eigenvalue weighted by Crippen LogP contribution is -2.05. The van der Waals surface area contributed by atoms with E-state index in [9.17, 15) is 4.39 Å². The van der Waals surface area contributed by atoms with Crippen molar-refractivity contribution in [2.75, 3.05) is 5.33 Å². The van der Waals surface area contributed by atoms with Gasteiger partial charge in [-0.25, -0.2) is 4.39 Å². The minimum atomic E-state index is -0.214. The van der Waals surface area contributed by atoms with Crippen molar-refractivity contribution in [1.29, 1.82) is 0 Å². The van der Waals surface area contributed by atoms with Gasteiger partial charge < -0.3 is 0 Å². The van der Waals surface area contributed by atoms with Gasteiger partial charge in [-0.05, 0) is 36.1 Å². The Morgan fingerprint density at radius 1 is 1.50 bits per heavy atom. The first-order valence-electron chi connectivity index (χ1n) is 4.67. The number of hydrogen-bond acceptors (Lipinski definition) is 0. The molecule has 0 radical (unpaired) electrons. The highest BCUT2D eigenvalue weighted by Gasteiger charge is 2.09. The SMILES string of the molecule is CCC(CBr)Cc1cc(F)ccc1Cl. The van der Waals surface area contributed by atoms with E-state index in [1.807, 2.05) is 0 Å². The van der Waals surface area contributed by atoms with Crippen molar-refractivity contribution in [3.8, 4) is 0 Å². The van der Waals surface area contributed by atoms with Gasteiger partial charge in [0.2, 0.25) is 0 Å². The summed E-state index contributed by atoms with van der Waals surface area (Å²) in [5.74, 6) is 0.308. The molecule has 0 amide bonds. The van der Waals surface area contributed by atoms with Crippen molar-refractivity contribution in [2.24, 2.45) is 5.92 Å². The molecular weight excluding hydrogens is 266 g/mol. The second-order valence-electron chi connectivity index (χ2n) is 3.37. The zero-order valence-corrected chi connectivity index (χ0v) is 10.4. The molecule has 14 heavy (non-hydrogen) atoms. The molecule has 0 aliphatic carbocycles. The van der Waals surface area contributed by atoms with Crippen LogP contribution in [0.4, 0.5) is 4.39 Å². The summed E-state index contributed by atoms with van der Waals surface area (Å²) >= 11 is 9.41. The molecule has 1 aromatic carbocycles. The lowest BCUT2D eigenvalue weighted by molar-refractivity contribution is 0.568. The second kappa shape index (κ2) is 5.72. The molecule has 1 aromatic rings. The molecule has 3 heteroatoms. The number of hydrogen-bond donors (Lipinski definition) is 0. The smallest absolute Gasteiger partial charge is 0.123 e. The molecule has 0 N–H and O–H groups in total. The Morgan fingerprint density at radius 2 is 2.21 bits per heavy atom. The maximum Gasteiger partial charge on any atom is 0.123 e. The van der Waals surface area contributed by atoms with Crippen LogP contribution in [-0.2, 0) is 6.42 Å². The van der Waals surface area contributed by atoms with Gasteiger partial charge in [0, 0.05) is 10.4 Å². The Kier molecular flexibility index (Phi) is 4.90. The van der Waals surface area contributed by atoms with Crippen LogP contribution in [0.25, 0.3) is 0 Å². The molecule has 0 fully saturated rings. The lowest BCUT2D eigenvalue weighted by atomic mass is 9.99. The highest BCUT2D eigenvalue weighted by molar-refractivity contribution is 9.09. The van der Waals surface area contributed by atoms with E-state index in [0.29, 0.717) is 10.9 Å². The molecule has 0 nitrogen and oxygen atoms in total. The molecule has 1 rings (SSSR count). The highest BCUT2D eigenvalue weighted by atomic mass is 79.9. The monoisotopic (exact) mass is 278 g/mol. The predicted octanol–water partition coefficient (Wildman–Crippen LogP) is 4.44. The minimum absolute atomic E-state index is 0.214. The van der Waals surface area contributed by atoms with E-state index in [1.54, 1.807) is 6.07 Å². The van der Waals surface area contributed by atoms with Gasteiger partial charge >= 0.3 is 0 Å². The van der Waals surface area contributed by atoms with Gasteiger partial charge in [0.1, 0.15) is 5.82 Å². The molecule has 0 heterocycles. The van der Waals surface area contributed by atoms with Crippen molar-refractivity contribution in [3.63, 3.8) is 0 Å². The second-order valence-corrected chi connectivity index (χ2v) is 4.42. The van der Waals surface area contributed by atoms with Crippen LogP contribution in [0.1, 0.15) is 18.9 Å². The molecule has 0 saturated carbocycles. The zero-order chi connectivity index (χ0) is 10.6. The first-order chi connectivity index (χ1) is 6.67. The number of benzene rings is 1. The molecule has 0 aliphatic rings. The van der Waals surface area contributed by atoms with Crippen LogP contribution >= 0.6 is 27.5 Å². The summed E-state index contributed by atoms with van der Waals surface area (Å²) < 4.78 is 12.9. The third kappa shape index (κ3) is 3.25. The standard InChI is InChI=1S/C11H13BrClF/c1-2-8(7-12)5-9-6-10(14)3-4-11(9)13/h3-4,6,8H,2,5,7H2,1H3. The molecule has 0 bridgehead atoms. The fourth-order valence-electron chi connectivity index (χ4n) is 1.32. The molecule has 78 valence electrons. The normalized spacial score (nSPS) is 12.9. The van der Waals surface area contributed by atoms with Crippen LogP contribution in [0.5, 0.6) is 0 Å².